The summed E-state index contributed by atoms with van der Waals surface area (Å²) in [6.07, 6.45) is 5.73. The number of nitrogens with one attached hydrogen (secondary N) is 2. The van der Waals surface area contributed by atoms with Gasteiger partial charge in [-0.25, -0.2) is 14.8 Å². The number of nitrogens with zero attached hydrogens (tertiary/aromatic N) is 3. The maximum atomic E-state index is 11.8. The van der Waals surface area contributed by atoms with Gasteiger partial charge in [-0.3, -0.25) is 5.32 Å². The lowest BCUT2D eigenvalue weighted by Crippen LogP contribution is -2.36. The maximum Gasteiger partial charge on any atom is 0.411 e. The standard InChI is InChI=1S/C27H33N5O3S/c1-3-12-35-27(33)31-21-7-5-6-20(15-21)18-28-25-17-23(32-10-13-34-14-11-32)16-22(30-25)8-9-26-29-19-24(4-2)36-26/h3,5-7,15-17,19H,1,4,8-14,18H2,2H3,(H,28,30)(H,31,33). The first kappa shape index (κ1) is 25.7. The summed E-state index contributed by atoms with van der Waals surface area (Å²) < 4.78 is 10.5. The summed E-state index contributed by atoms with van der Waals surface area (Å²) in [5.41, 5.74) is 3.88. The van der Waals surface area contributed by atoms with Crippen molar-refractivity contribution in [3.05, 3.63) is 76.4 Å². The molecule has 0 atom stereocenters. The molecule has 1 amide bonds. The van der Waals surface area contributed by atoms with E-state index in [4.69, 9.17) is 14.5 Å². The summed E-state index contributed by atoms with van der Waals surface area (Å²) in [7, 11) is 0. The number of carbonyl (C=O) groups is 1. The molecule has 4 rings (SSSR count). The molecule has 3 heterocycles. The molecule has 190 valence electrons. The van der Waals surface area contributed by atoms with E-state index in [-0.39, 0.29) is 6.61 Å². The number of benzene rings is 1. The first-order valence-corrected chi connectivity index (χ1v) is 13.1. The molecule has 2 N–H and O–H groups in total. The molecule has 9 heteroatoms. The first-order chi connectivity index (χ1) is 17.6. The number of carbonyl (C=O) groups excluding carboxylic acids is 1. The van der Waals surface area contributed by atoms with Crippen molar-refractivity contribution in [2.24, 2.45) is 0 Å². The molecule has 0 spiro atoms. The fourth-order valence-electron chi connectivity index (χ4n) is 3.90. The van der Waals surface area contributed by atoms with Crippen LogP contribution in [0.2, 0.25) is 0 Å². The van der Waals surface area contributed by atoms with Gasteiger partial charge in [-0.15, -0.1) is 11.3 Å². The molecular formula is C27H33N5O3S. The molecule has 1 aromatic carbocycles. The highest BCUT2D eigenvalue weighted by molar-refractivity contribution is 7.11. The number of aromatic nitrogens is 2. The molecule has 36 heavy (non-hydrogen) atoms. The number of ether oxygens (including phenoxy) is 2. The van der Waals surface area contributed by atoms with Crippen molar-refractivity contribution in [1.82, 2.24) is 9.97 Å². The quantitative estimate of drug-likeness (QED) is 0.350. The molecule has 1 saturated heterocycles. The number of hydrogen-bond acceptors (Lipinski definition) is 8. The minimum atomic E-state index is -0.504. The number of thiazole rings is 1. The minimum absolute atomic E-state index is 0.170. The average molecular weight is 508 g/mol. The Kier molecular flexibility index (Phi) is 9.29. The first-order valence-electron chi connectivity index (χ1n) is 12.3. The molecular weight excluding hydrogens is 474 g/mol. The molecule has 2 aromatic heterocycles. The van der Waals surface area contributed by atoms with E-state index in [2.05, 4.69) is 46.2 Å². The lowest BCUT2D eigenvalue weighted by Gasteiger charge is -2.29. The second-order valence-electron chi connectivity index (χ2n) is 8.44. The Morgan fingerprint density at radius 3 is 2.89 bits per heavy atom. The van der Waals surface area contributed by atoms with Crippen LogP contribution in [-0.2, 0) is 35.3 Å². The highest BCUT2D eigenvalue weighted by Crippen LogP contribution is 2.23. The minimum Gasteiger partial charge on any atom is -0.445 e. The van der Waals surface area contributed by atoms with E-state index < -0.39 is 6.09 Å². The van der Waals surface area contributed by atoms with Gasteiger partial charge in [0.15, 0.2) is 0 Å². The Morgan fingerprint density at radius 1 is 1.25 bits per heavy atom. The predicted octanol–water partition coefficient (Wildman–Crippen LogP) is 5.07. The molecule has 0 saturated carbocycles. The van der Waals surface area contributed by atoms with Crippen molar-refractivity contribution in [2.75, 3.05) is 48.4 Å². The number of anilines is 3. The molecule has 0 bridgehead atoms. The smallest absolute Gasteiger partial charge is 0.411 e. The van der Waals surface area contributed by atoms with Gasteiger partial charge in [0.25, 0.3) is 0 Å². The second-order valence-corrected chi connectivity index (χ2v) is 9.64. The van der Waals surface area contributed by atoms with Crippen molar-refractivity contribution in [3.63, 3.8) is 0 Å². The topological polar surface area (TPSA) is 88.6 Å². The number of hydrogen-bond donors (Lipinski definition) is 2. The normalized spacial score (nSPS) is 13.3. The largest absolute Gasteiger partial charge is 0.445 e. The fraction of sp³-hybridized carbons (Fsp3) is 0.370. The van der Waals surface area contributed by atoms with Crippen LogP contribution >= 0.6 is 11.3 Å². The SMILES string of the molecule is C=CCOC(=O)Nc1cccc(CNc2cc(N3CCOCC3)cc(CCc3ncc(CC)s3)n2)c1. The van der Waals surface area contributed by atoms with Crippen molar-refractivity contribution in [3.8, 4) is 0 Å². The van der Waals surface area contributed by atoms with Crippen molar-refractivity contribution in [1.29, 1.82) is 0 Å². The van der Waals surface area contributed by atoms with Crippen LogP contribution in [0.5, 0.6) is 0 Å². The maximum absolute atomic E-state index is 11.8. The fourth-order valence-corrected chi connectivity index (χ4v) is 4.76. The monoisotopic (exact) mass is 507 g/mol. The van der Waals surface area contributed by atoms with Gasteiger partial charge in [0.1, 0.15) is 12.4 Å². The Bertz CT molecular complexity index is 1160. The average Bonchev–Trinajstić information content (AvgIpc) is 3.38. The van der Waals surface area contributed by atoms with E-state index >= 15 is 0 Å². The van der Waals surface area contributed by atoms with Crippen LogP contribution < -0.4 is 15.5 Å². The highest BCUT2D eigenvalue weighted by atomic mass is 32.1. The summed E-state index contributed by atoms with van der Waals surface area (Å²) in [6.45, 7) is 9.64. The third-order valence-electron chi connectivity index (χ3n) is 5.76. The van der Waals surface area contributed by atoms with Gasteiger partial charge in [0.05, 0.1) is 18.2 Å². The molecule has 1 aliphatic rings. The van der Waals surface area contributed by atoms with Crippen molar-refractivity contribution >= 4 is 34.6 Å². The van der Waals surface area contributed by atoms with E-state index in [1.807, 2.05) is 30.5 Å². The number of rotatable bonds is 11. The van der Waals surface area contributed by atoms with Crippen molar-refractivity contribution in [2.45, 2.75) is 32.7 Å². The second kappa shape index (κ2) is 13.0. The summed E-state index contributed by atoms with van der Waals surface area (Å²) in [6, 6.07) is 11.9. The lowest BCUT2D eigenvalue weighted by molar-refractivity contribution is 0.122. The summed E-state index contributed by atoms with van der Waals surface area (Å²) in [5.74, 6) is 0.825. The molecule has 8 nitrogen and oxygen atoms in total. The van der Waals surface area contributed by atoms with Crippen molar-refractivity contribution < 1.29 is 14.3 Å². The van der Waals surface area contributed by atoms with Crippen LogP contribution in [0.4, 0.5) is 22.0 Å². The van der Waals surface area contributed by atoms with Crippen LogP contribution in [0, 0.1) is 0 Å². The Hall–Kier alpha value is -3.43. The van der Waals surface area contributed by atoms with E-state index in [0.29, 0.717) is 12.2 Å². The van der Waals surface area contributed by atoms with Crippen LogP contribution in [0.25, 0.3) is 0 Å². The molecule has 0 aliphatic carbocycles. The number of amides is 1. The van der Waals surface area contributed by atoms with Crippen LogP contribution in [0.3, 0.4) is 0 Å². The van der Waals surface area contributed by atoms with E-state index in [1.54, 1.807) is 11.3 Å². The van der Waals surface area contributed by atoms with E-state index in [1.165, 1.54) is 11.0 Å². The highest BCUT2D eigenvalue weighted by Gasteiger charge is 2.14. The van der Waals surface area contributed by atoms with Gasteiger partial charge in [0, 0.05) is 60.3 Å². The molecule has 0 radical (unpaired) electrons. The van der Waals surface area contributed by atoms with E-state index in [9.17, 15) is 4.79 Å². The van der Waals surface area contributed by atoms with Gasteiger partial charge in [-0.1, -0.05) is 31.7 Å². The number of aryl methyl sites for hydroxylation is 3. The van der Waals surface area contributed by atoms with Gasteiger partial charge in [0.2, 0.25) is 0 Å². The zero-order valence-electron chi connectivity index (χ0n) is 20.7. The van der Waals surface area contributed by atoms with Crippen LogP contribution in [0.1, 0.15) is 28.1 Å². The number of morpholine rings is 1. The third-order valence-corrected chi connectivity index (χ3v) is 6.97. The predicted molar refractivity (Wildman–Crippen MR) is 145 cm³/mol. The van der Waals surface area contributed by atoms with Crippen LogP contribution in [0.15, 0.2) is 55.3 Å². The third kappa shape index (κ3) is 7.53. The number of pyridine rings is 1. The summed E-state index contributed by atoms with van der Waals surface area (Å²) in [5, 5.41) is 7.36. The van der Waals surface area contributed by atoms with Gasteiger partial charge in [-0.05, 0) is 36.6 Å². The van der Waals surface area contributed by atoms with E-state index in [0.717, 1.165) is 73.3 Å². The Balaban J connectivity index is 1.45. The summed E-state index contributed by atoms with van der Waals surface area (Å²) >= 11 is 1.78. The zero-order chi connectivity index (χ0) is 25.2. The molecule has 1 aliphatic heterocycles. The van der Waals surface area contributed by atoms with Crippen LogP contribution in [-0.4, -0.2) is 49.0 Å². The zero-order valence-corrected chi connectivity index (χ0v) is 21.5. The Morgan fingerprint density at radius 2 is 2.11 bits per heavy atom. The van der Waals surface area contributed by atoms with Gasteiger partial charge < -0.3 is 19.7 Å². The molecule has 1 fully saturated rings. The Labute approximate surface area is 216 Å². The summed E-state index contributed by atoms with van der Waals surface area (Å²) in [4.78, 5) is 25.0. The lowest BCUT2D eigenvalue weighted by atomic mass is 10.1. The molecule has 3 aromatic rings. The molecule has 0 unspecified atom stereocenters. The van der Waals surface area contributed by atoms with Gasteiger partial charge in [-0.2, -0.15) is 0 Å². The van der Waals surface area contributed by atoms with Gasteiger partial charge >= 0.3 is 6.09 Å².